The van der Waals surface area contributed by atoms with Gasteiger partial charge < -0.3 is 15.3 Å². The minimum atomic E-state index is -0.214. The summed E-state index contributed by atoms with van der Waals surface area (Å²) >= 11 is 0. The summed E-state index contributed by atoms with van der Waals surface area (Å²) in [5.41, 5.74) is 11.8. The lowest BCUT2D eigenvalue weighted by atomic mass is 9.61. The molecule has 0 saturated heterocycles. The number of benzene rings is 3. The van der Waals surface area contributed by atoms with Crippen LogP contribution in [0.1, 0.15) is 64.9 Å². The van der Waals surface area contributed by atoms with Crippen LogP contribution in [-0.2, 0) is 36.6 Å². The Balaban J connectivity index is 1.31. The van der Waals surface area contributed by atoms with Gasteiger partial charge in [-0.3, -0.25) is 9.97 Å². The summed E-state index contributed by atoms with van der Waals surface area (Å²) in [6, 6.07) is 37.5. The Labute approximate surface area is 282 Å². The number of pyridine rings is 2. The minimum Gasteiger partial charge on any atom is -0.357 e. The molecule has 1 aliphatic rings. The second kappa shape index (κ2) is 12.9. The third-order valence-corrected chi connectivity index (χ3v) is 11.2. The highest BCUT2D eigenvalue weighted by Gasteiger charge is 2.48. The van der Waals surface area contributed by atoms with Gasteiger partial charge in [-0.1, -0.05) is 66.7 Å². The van der Waals surface area contributed by atoms with Crippen LogP contribution in [0.4, 0.5) is 0 Å². The summed E-state index contributed by atoms with van der Waals surface area (Å²) in [6.07, 6.45) is 15.6. The van der Waals surface area contributed by atoms with Crippen molar-refractivity contribution < 1.29 is 0 Å². The maximum absolute atomic E-state index is 4.28. The van der Waals surface area contributed by atoms with Crippen LogP contribution in [-0.4, -0.2) is 27.0 Å². The van der Waals surface area contributed by atoms with Crippen LogP contribution in [0.3, 0.4) is 0 Å². The first-order valence-electron chi connectivity index (χ1n) is 17.4. The van der Waals surface area contributed by atoms with Gasteiger partial charge in [-0.25, -0.2) is 0 Å². The lowest BCUT2D eigenvalue weighted by molar-refractivity contribution is 0.187. The predicted octanol–water partition coefficient (Wildman–Crippen LogP) is 8.98. The number of hydrogen-bond acceptors (Lipinski definition) is 3. The number of para-hydroxylation sites is 2. The fourth-order valence-corrected chi connectivity index (χ4v) is 8.54. The predicted molar refractivity (Wildman–Crippen MR) is 196 cm³/mol. The van der Waals surface area contributed by atoms with E-state index in [1.54, 1.807) is 0 Å². The largest absolute Gasteiger partial charge is 0.357 e. The molecule has 3 N–H and O–H groups in total. The molecule has 1 saturated carbocycles. The molecule has 48 heavy (non-hydrogen) atoms. The van der Waals surface area contributed by atoms with Gasteiger partial charge in [-0.15, -0.1) is 0 Å². The van der Waals surface area contributed by atoms with E-state index in [0.29, 0.717) is 0 Å². The van der Waals surface area contributed by atoms with Crippen molar-refractivity contribution in [3.63, 3.8) is 0 Å². The molecule has 1 fully saturated rings. The monoisotopic (exact) mass is 629 g/mol. The number of aromatic amines is 2. The highest BCUT2D eigenvalue weighted by molar-refractivity contribution is 5.88. The van der Waals surface area contributed by atoms with Crippen LogP contribution >= 0.6 is 0 Å². The molecule has 0 aliphatic heterocycles. The molecule has 0 atom stereocenters. The molecular weight excluding hydrogens is 587 g/mol. The molecule has 3 aromatic carbocycles. The molecule has 4 aromatic heterocycles. The highest BCUT2D eigenvalue weighted by Crippen LogP contribution is 2.53. The van der Waals surface area contributed by atoms with Crippen molar-refractivity contribution in [3.05, 3.63) is 167 Å². The molecule has 8 rings (SSSR count). The molecule has 0 bridgehead atoms. The molecule has 0 unspecified atom stereocenters. The van der Waals surface area contributed by atoms with Crippen molar-refractivity contribution in [2.45, 2.75) is 62.3 Å². The number of fused-ring (bicyclic) bond motifs is 2. The zero-order chi connectivity index (χ0) is 32.4. The number of H-pyrrole nitrogens is 2. The number of nitrogens with zero attached hydrogens (tertiary/aromatic N) is 2. The van der Waals surface area contributed by atoms with Gasteiger partial charge in [0.15, 0.2) is 0 Å². The second-order valence-corrected chi connectivity index (χ2v) is 13.5. The van der Waals surface area contributed by atoms with Crippen LogP contribution in [0, 0.1) is 0 Å². The van der Waals surface area contributed by atoms with Gasteiger partial charge in [0.1, 0.15) is 0 Å². The third kappa shape index (κ3) is 5.42. The lowest BCUT2D eigenvalue weighted by Gasteiger charge is -2.47. The van der Waals surface area contributed by atoms with Gasteiger partial charge in [-0.2, -0.15) is 0 Å². The van der Waals surface area contributed by atoms with Crippen molar-refractivity contribution in [3.8, 4) is 0 Å². The van der Waals surface area contributed by atoms with Gasteiger partial charge in [-0.05, 0) is 123 Å². The molecule has 0 amide bonds. The maximum atomic E-state index is 4.28. The van der Waals surface area contributed by atoms with Crippen molar-refractivity contribution in [1.82, 2.24) is 25.3 Å². The van der Waals surface area contributed by atoms with Crippen LogP contribution in [0.5, 0.6) is 0 Å². The zero-order valence-corrected chi connectivity index (χ0v) is 27.7. The highest BCUT2D eigenvalue weighted by atomic mass is 15.0. The fourth-order valence-electron chi connectivity index (χ4n) is 8.54. The molecule has 240 valence electrons. The Bertz CT molecular complexity index is 2000. The normalized spacial score (nSPS) is 15.6. The Hall–Kier alpha value is -5.00. The van der Waals surface area contributed by atoms with Gasteiger partial charge in [0.2, 0.25) is 0 Å². The van der Waals surface area contributed by atoms with Gasteiger partial charge in [0.25, 0.3) is 0 Å². The van der Waals surface area contributed by atoms with Crippen molar-refractivity contribution in [1.29, 1.82) is 0 Å². The van der Waals surface area contributed by atoms with Crippen LogP contribution in [0.2, 0.25) is 0 Å². The van der Waals surface area contributed by atoms with Gasteiger partial charge in [0.05, 0.1) is 5.41 Å². The number of aromatic nitrogens is 4. The quantitative estimate of drug-likeness (QED) is 0.141. The summed E-state index contributed by atoms with van der Waals surface area (Å²) in [4.78, 5) is 16.7. The average molecular weight is 630 g/mol. The van der Waals surface area contributed by atoms with Crippen molar-refractivity contribution in [2.75, 3.05) is 7.05 Å². The van der Waals surface area contributed by atoms with E-state index < -0.39 is 0 Å². The Morgan fingerprint density at radius 3 is 1.48 bits per heavy atom. The molecular formula is C43H43N5. The maximum Gasteiger partial charge on any atom is 0.0511 e. The van der Waals surface area contributed by atoms with E-state index in [-0.39, 0.29) is 11.0 Å². The number of rotatable bonds is 10. The standard InChI is InChI=1S/C43H43N5/c1-44-43(33-9-3-2-4-10-33)25-23-42(24-26-43,40-36(17-15-31-19-27-45-28-20-31)34-11-5-7-13-38(34)47-40)41-37(18-16-32-21-29-46-30-22-32)35-12-6-8-14-39(35)48-41/h2-14,19-22,27-30,44,47-48H,15-18,23-26H2,1H3. The average Bonchev–Trinajstić information content (AvgIpc) is 3.73. The first-order valence-corrected chi connectivity index (χ1v) is 17.4. The number of aryl methyl sites for hydroxylation is 4. The van der Waals surface area contributed by atoms with E-state index >= 15 is 0 Å². The SMILES string of the molecule is CNC1(c2ccccc2)CCC(c2[nH]c3ccccc3c2CCc2ccncc2)(c2[nH]c3ccccc3c2CCc2ccncc2)CC1. The number of hydrogen-bond donors (Lipinski definition) is 3. The molecule has 0 radical (unpaired) electrons. The fraction of sp³-hybridized carbons (Fsp3) is 0.256. The molecule has 7 aromatic rings. The Morgan fingerprint density at radius 2 is 1.00 bits per heavy atom. The van der Waals surface area contributed by atoms with Crippen LogP contribution in [0.25, 0.3) is 21.8 Å². The van der Waals surface area contributed by atoms with E-state index in [2.05, 4.69) is 135 Å². The molecule has 0 spiro atoms. The lowest BCUT2D eigenvalue weighted by Crippen LogP contribution is -2.48. The smallest absolute Gasteiger partial charge is 0.0511 e. The topological polar surface area (TPSA) is 69.4 Å². The van der Waals surface area contributed by atoms with Gasteiger partial charge in [0, 0.05) is 63.5 Å². The summed E-state index contributed by atoms with van der Waals surface area (Å²) in [5.74, 6) is 0. The minimum absolute atomic E-state index is 0.0722. The Morgan fingerprint density at radius 1 is 0.542 bits per heavy atom. The first-order chi connectivity index (χ1) is 23.7. The van der Waals surface area contributed by atoms with E-state index in [1.165, 1.54) is 61.0 Å². The van der Waals surface area contributed by atoms with Gasteiger partial charge >= 0.3 is 0 Å². The zero-order valence-electron chi connectivity index (χ0n) is 27.7. The van der Waals surface area contributed by atoms with E-state index in [9.17, 15) is 0 Å². The molecule has 5 heteroatoms. The van der Waals surface area contributed by atoms with Crippen molar-refractivity contribution >= 4 is 21.8 Å². The summed E-state index contributed by atoms with van der Waals surface area (Å²) < 4.78 is 0. The first kappa shape index (κ1) is 30.3. The Kier molecular flexibility index (Phi) is 8.15. The van der Waals surface area contributed by atoms with E-state index in [1.807, 2.05) is 24.8 Å². The summed E-state index contributed by atoms with van der Waals surface area (Å²) in [7, 11) is 2.15. The van der Waals surface area contributed by atoms with Crippen molar-refractivity contribution in [2.24, 2.45) is 0 Å². The van der Waals surface area contributed by atoms with Crippen LogP contribution < -0.4 is 5.32 Å². The number of nitrogens with one attached hydrogen (secondary N) is 3. The molecule has 1 aliphatic carbocycles. The molecule has 4 heterocycles. The molecule has 5 nitrogen and oxygen atoms in total. The third-order valence-electron chi connectivity index (χ3n) is 11.2. The second-order valence-electron chi connectivity index (χ2n) is 13.5. The van der Waals surface area contributed by atoms with E-state index in [4.69, 9.17) is 0 Å². The van der Waals surface area contributed by atoms with E-state index in [0.717, 1.165) is 51.4 Å². The summed E-state index contributed by atoms with van der Waals surface area (Å²) in [6.45, 7) is 0. The summed E-state index contributed by atoms with van der Waals surface area (Å²) in [5, 5.41) is 6.49. The van der Waals surface area contributed by atoms with Crippen LogP contribution in [0.15, 0.2) is 128 Å².